The van der Waals surface area contributed by atoms with Crippen LogP contribution in [0.2, 0.25) is 0 Å². The number of rotatable bonds is 2. The summed E-state index contributed by atoms with van der Waals surface area (Å²) in [5, 5.41) is 8.26. The second-order valence-electron chi connectivity index (χ2n) is 2.29. The summed E-state index contributed by atoms with van der Waals surface area (Å²) in [5.41, 5.74) is 0. The summed E-state index contributed by atoms with van der Waals surface area (Å²) < 4.78 is 4.13. The Morgan fingerprint density at radius 1 is 1.64 bits per heavy atom. The summed E-state index contributed by atoms with van der Waals surface area (Å²) in [6, 6.07) is 0. The molecule has 5 nitrogen and oxygen atoms in total. The summed E-state index contributed by atoms with van der Waals surface area (Å²) in [6.07, 6.45) is -0.435. The zero-order valence-electron chi connectivity index (χ0n) is 5.57. The van der Waals surface area contributed by atoms with Crippen molar-refractivity contribution in [1.82, 2.24) is 0 Å². The number of hydrogen-bond acceptors (Lipinski definition) is 4. The third-order valence-electron chi connectivity index (χ3n) is 1.38. The summed E-state index contributed by atoms with van der Waals surface area (Å²) >= 11 is 0. The van der Waals surface area contributed by atoms with Crippen molar-refractivity contribution in [2.45, 2.75) is 12.8 Å². The van der Waals surface area contributed by atoms with Crippen LogP contribution in [0.1, 0.15) is 12.8 Å². The van der Waals surface area contributed by atoms with Gasteiger partial charge in [0.25, 0.3) is 0 Å². The number of carbonyl (C=O) groups is 3. The molecule has 0 aromatic carbocycles. The largest absolute Gasteiger partial charge is 0.481 e. The van der Waals surface area contributed by atoms with Gasteiger partial charge in [-0.25, -0.2) is 0 Å². The van der Waals surface area contributed by atoms with E-state index in [1.165, 1.54) is 0 Å². The molecule has 11 heavy (non-hydrogen) atoms. The Hall–Kier alpha value is -1.39. The molecule has 60 valence electrons. The second-order valence-corrected chi connectivity index (χ2v) is 2.29. The van der Waals surface area contributed by atoms with Gasteiger partial charge in [0.1, 0.15) is 0 Å². The van der Waals surface area contributed by atoms with Crippen molar-refractivity contribution in [2.75, 3.05) is 0 Å². The van der Waals surface area contributed by atoms with Gasteiger partial charge in [-0.1, -0.05) is 0 Å². The normalized spacial score (nSPS) is 23.5. The average Bonchev–Trinajstić information content (AvgIpc) is 2.09. The fourth-order valence-corrected chi connectivity index (χ4v) is 0.888. The monoisotopic (exact) mass is 158 g/mol. The number of cyclic esters (lactones) is 2. The number of aliphatic carboxylic acids is 1. The number of carboxylic acids is 1. The van der Waals surface area contributed by atoms with Crippen molar-refractivity contribution in [3.05, 3.63) is 0 Å². The number of ether oxygens (including phenoxy) is 1. The van der Waals surface area contributed by atoms with Crippen LogP contribution in [-0.4, -0.2) is 23.0 Å². The summed E-state index contributed by atoms with van der Waals surface area (Å²) in [6.45, 7) is 0. The van der Waals surface area contributed by atoms with Gasteiger partial charge in [0.2, 0.25) is 0 Å². The maximum absolute atomic E-state index is 10.6. The molecule has 0 spiro atoms. The Labute approximate surface area is 62.0 Å². The van der Waals surface area contributed by atoms with Gasteiger partial charge < -0.3 is 9.84 Å². The lowest BCUT2D eigenvalue weighted by Crippen LogP contribution is -2.12. The van der Waals surface area contributed by atoms with Crippen LogP contribution in [0.15, 0.2) is 0 Å². The molecule has 0 aromatic heterocycles. The average molecular weight is 158 g/mol. The molecule has 0 unspecified atom stereocenters. The van der Waals surface area contributed by atoms with Crippen LogP contribution in [0.4, 0.5) is 0 Å². The zero-order chi connectivity index (χ0) is 8.43. The highest BCUT2D eigenvalue weighted by atomic mass is 16.6. The summed E-state index contributed by atoms with van der Waals surface area (Å²) in [5.74, 6) is -3.24. The molecule has 1 aliphatic heterocycles. The van der Waals surface area contributed by atoms with E-state index in [-0.39, 0.29) is 12.8 Å². The Kier molecular flexibility index (Phi) is 1.89. The number of carbonyl (C=O) groups excluding carboxylic acids is 2. The van der Waals surface area contributed by atoms with Crippen LogP contribution in [-0.2, 0) is 19.1 Å². The highest BCUT2D eigenvalue weighted by Gasteiger charge is 2.34. The van der Waals surface area contributed by atoms with E-state index in [0.29, 0.717) is 0 Å². The molecule has 1 fully saturated rings. The Morgan fingerprint density at radius 3 is 2.64 bits per heavy atom. The minimum atomic E-state index is -1.10. The quantitative estimate of drug-likeness (QED) is 0.435. The van der Waals surface area contributed by atoms with Crippen LogP contribution in [0, 0.1) is 5.92 Å². The molecule has 0 aliphatic carbocycles. The van der Waals surface area contributed by atoms with Crippen LogP contribution < -0.4 is 0 Å². The first-order valence-electron chi connectivity index (χ1n) is 3.06. The molecule has 0 bridgehead atoms. The van der Waals surface area contributed by atoms with Gasteiger partial charge in [-0.05, 0) is 0 Å². The van der Waals surface area contributed by atoms with Crippen molar-refractivity contribution < 1.29 is 24.2 Å². The van der Waals surface area contributed by atoms with E-state index in [1.807, 2.05) is 0 Å². The Bertz CT molecular complexity index is 219. The Balaban J connectivity index is 2.53. The van der Waals surface area contributed by atoms with E-state index in [4.69, 9.17) is 5.11 Å². The molecule has 0 amide bonds. The lowest BCUT2D eigenvalue weighted by molar-refractivity contribution is -0.154. The fourth-order valence-electron chi connectivity index (χ4n) is 0.888. The minimum Gasteiger partial charge on any atom is -0.481 e. The topological polar surface area (TPSA) is 80.7 Å². The molecule has 1 rings (SSSR count). The maximum Gasteiger partial charge on any atom is 0.317 e. The van der Waals surface area contributed by atoms with Crippen molar-refractivity contribution in [3.8, 4) is 0 Å². The van der Waals surface area contributed by atoms with Crippen LogP contribution in [0.25, 0.3) is 0 Å². The smallest absolute Gasteiger partial charge is 0.317 e. The van der Waals surface area contributed by atoms with E-state index in [9.17, 15) is 14.4 Å². The SMILES string of the molecule is O=C(O)C[C@@H]1CC(=O)OC1=O. The predicted molar refractivity (Wildman–Crippen MR) is 31.5 cm³/mol. The number of esters is 2. The van der Waals surface area contributed by atoms with Gasteiger partial charge in [-0.15, -0.1) is 0 Å². The number of hydrogen-bond donors (Lipinski definition) is 1. The third kappa shape index (κ3) is 1.76. The molecule has 0 aromatic rings. The molecule has 1 atom stereocenters. The van der Waals surface area contributed by atoms with E-state index in [0.717, 1.165) is 0 Å². The molecule has 1 saturated heterocycles. The highest BCUT2D eigenvalue weighted by molar-refractivity contribution is 5.96. The van der Waals surface area contributed by atoms with Crippen LogP contribution in [0.3, 0.4) is 0 Å². The van der Waals surface area contributed by atoms with Crippen molar-refractivity contribution in [2.24, 2.45) is 5.92 Å². The zero-order valence-corrected chi connectivity index (χ0v) is 5.57. The van der Waals surface area contributed by atoms with Gasteiger partial charge in [0, 0.05) is 0 Å². The van der Waals surface area contributed by atoms with E-state index < -0.39 is 23.8 Å². The molecule has 5 heteroatoms. The van der Waals surface area contributed by atoms with Gasteiger partial charge in [-0.3, -0.25) is 14.4 Å². The van der Waals surface area contributed by atoms with E-state index in [2.05, 4.69) is 4.74 Å². The molecule has 0 saturated carbocycles. The lowest BCUT2D eigenvalue weighted by atomic mass is 10.0. The van der Waals surface area contributed by atoms with Gasteiger partial charge in [0.15, 0.2) is 0 Å². The van der Waals surface area contributed by atoms with Gasteiger partial charge in [0.05, 0.1) is 18.8 Å². The van der Waals surface area contributed by atoms with Crippen molar-refractivity contribution >= 4 is 17.9 Å². The molecule has 0 radical (unpaired) electrons. The predicted octanol–water partition coefficient (Wildman–Crippen LogP) is -0.449. The number of carboxylic acid groups (broad SMARTS) is 1. The fraction of sp³-hybridized carbons (Fsp3) is 0.500. The molecule has 1 N–H and O–H groups in total. The molecular formula is C6H6O5. The van der Waals surface area contributed by atoms with Crippen molar-refractivity contribution in [3.63, 3.8) is 0 Å². The first-order chi connectivity index (χ1) is 5.09. The van der Waals surface area contributed by atoms with E-state index >= 15 is 0 Å². The highest BCUT2D eigenvalue weighted by Crippen LogP contribution is 2.18. The lowest BCUT2D eigenvalue weighted by Gasteiger charge is -1.96. The minimum absolute atomic E-state index is 0.106. The van der Waals surface area contributed by atoms with Gasteiger partial charge in [-0.2, -0.15) is 0 Å². The van der Waals surface area contributed by atoms with Crippen molar-refractivity contribution in [1.29, 1.82) is 0 Å². The second kappa shape index (κ2) is 2.69. The first kappa shape index (κ1) is 7.71. The van der Waals surface area contributed by atoms with Crippen LogP contribution >= 0.6 is 0 Å². The molecule has 1 aliphatic rings. The standard InChI is InChI=1S/C6H6O5/c7-4(8)1-3-2-5(9)11-6(3)10/h3H,1-2H2,(H,7,8)/t3-/m1/s1. The molecule has 1 heterocycles. The van der Waals surface area contributed by atoms with E-state index in [1.54, 1.807) is 0 Å². The summed E-state index contributed by atoms with van der Waals surface area (Å²) in [4.78, 5) is 31.1. The maximum atomic E-state index is 10.6. The third-order valence-corrected chi connectivity index (χ3v) is 1.38. The molecular weight excluding hydrogens is 152 g/mol. The Morgan fingerprint density at radius 2 is 2.27 bits per heavy atom. The first-order valence-corrected chi connectivity index (χ1v) is 3.06. The van der Waals surface area contributed by atoms with Crippen LogP contribution in [0.5, 0.6) is 0 Å². The summed E-state index contributed by atoms with van der Waals surface area (Å²) in [7, 11) is 0. The van der Waals surface area contributed by atoms with Gasteiger partial charge >= 0.3 is 17.9 Å².